The minimum atomic E-state index is -2.86. The molecule has 0 saturated carbocycles. The van der Waals surface area contributed by atoms with E-state index in [0.29, 0.717) is 6.42 Å². The van der Waals surface area contributed by atoms with Crippen LogP contribution in [0.4, 0.5) is 0 Å². The number of nitrogens with zero attached hydrogens (tertiary/aromatic N) is 2. The number of sulfone groups is 1. The fourth-order valence-corrected chi connectivity index (χ4v) is 4.06. The van der Waals surface area contributed by atoms with E-state index in [1.807, 2.05) is 14.0 Å². The normalized spacial score (nSPS) is 25.8. The van der Waals surface area contributed by atoms with Crippen molar-refractivity contribution in [1.29, 1.82) is 0 Å². The van der Waals surface area contributed by atoms with Crippen LogP contribution >= 0.6 is 0 Å². The molecule has 5 nitrogen and oxygen atoms in total. The molecule has 2 heterocycles. The first kappa shape index (κ1) is 11.6. The van der Waals surface area contributed by atoms with Gasteiger partial charge in [0.2, 0.25) is 0 Å². The molecule has 1 aliphatic rings. The number of hydrogen-bond donors (Lipinski definition) is 1. The van der Waals surface area contributed by atoms with Gasteiger partial charge in [0.15, 0.2) is 9.84 Å². The van der Waals surface area contributed by atoms with Gasteiger partial charge in [0.1, 0.15) is 0 Å². The Labute approximate surface area is 95.6 Å². The fraction of sp³-hybridized carbons (Fsp3) is 0.700. The minimum absolute atomic E-state index is 0.0351. The predicted molar refractivity (Wildman–Crippen MR) is 61.6 cm³/mol. The van der Waals surface area contributed by atoms with Gasteiger partial charge < -0.3 is 5.73 Å². The fourth-order valence-electron chi connectivity index (χ4n) is 2.20. The first-order valence-electron chi connectivity index (χ1n) is 5.35. The molecule has 0 bridgehead atoms. The molecule has 2 unspecified atom stereocenters. The molecule has 1 aliphatic heterocycles. The van der Waals surface area contributed by atoms with Crippen molar-refractivity contribution < 1.29 is 8.42 Å². The maximum Gasteiger partial charge on any atom is 0.150 e. The number of nitrogens with two attached hydrogens (primary N) is 1. The van der Waals surface area contributed by atoms with Gasteiger partial charge in [-0.3, -0.25) is 4.68 Å². The van der Waals surface area contributed by atoms with Gasteiger partial charge in [0.25, 0.3) is 0 Å². The highest BCUT2D eigenvalue weighted by Gasteiger charge is 2.33. The van der Waals surface area contributed by atoms with Gasteiger partial charge in [-0.05, 0) is 19.3 Å². The van der Waals surface area contributed by atoms with Crippen molar-refractivity contribution in [3.63, 3.8) is 0 Å². The Kier molecular flexibility index (Phi) is 2.79. The summed E-state index contributed by atoms with van der Waals surface area (Å²) in [5, 5.41) is 4.13. The van der Waals surface area contributed by atoms with E-state index in [1.54, 1.807) is 10.9 Å². The zero-order valence-corrected chi connectivity index (χ0v) is 10.4. The summed E-state index contributed by atoms with van der Waals surface area (Å²) < 4.78 is 24.5. The molecular formula is C10H17N3O2S. The number of rotatable bonds is 2. The second-order valence-electron chi connectivity index (χ2n) is 4.50. The van der Waals surface area contributed by atoms with Crippen LogP contribution in [0.5, 0.6) is 0 Å². The van der Waals surface area contributed by atoms with E-state index in [0.717, 1.165) is 11.3 Å². The standard InChI is InChI=1S/C10H17N3O2S/c1-7-9(5-12-13(7)2)10(11)8-3-4-16(14,15)6-8/h5,8,10H,3-4,6,11H2,1-2H3. The smallest absolute Gasteiger partial charge is 0.150 e. The van der Waals surface area contributed by atoms with E-state index >= 15 is 0 Å². The van der Waals surface area contributed by atoms with Crippen LogP contribution in [-0.2, 0) is 16.9 Å². The van der Waals surface area contributed by atoms with Crippen molar-refractivity contribution in [3.05, 3.63) is 17.5 Å². The Morgan fingerprint density at radius 3 is 2.75 bits per heavy atom. The van der Waals surface area contributed by atoms with Gasteiger partial charge in [0, 0.05) is 24.3 Å². The lowest BCUT2D eigenvalue weighted by atomic mass is 9.94. The van der Waals surface area contributed by atoms with Crippen LogP contribution < -0.4 is 5.73 Å². The van der Waals surface area contributed by atoms with Gasteiger partial charge in [-0.25, -0.2) is 8.42 Å². The summed E-state index contributed by atoms with van der Waals surface area (Å²) >= 11 is 0. The van der Waals surface area contributed by atoms with Crippen molar-refractivity contribution in [3.8, 4) is 0 Å². The number of aromatic nitrogens is 2. The molecular weight excluding hydrogens is 226 g/mol. The monoisotopic (exact) mass is 243 g/mol. The summed E-state index contributed by atoms with van der Waals surface area (Å²) in [6.07, 6.45) is 2.41. The van der Waals surface area contributed by atoms with Crippen LogP contribution in [0.1, 0.15) is 23.7 Å². The van der Waals surface area contributed by atoms with Crippen LogP contribution in [0.15, 0.2) is 6.20 Å². The van der Waals surface area contributed by atoms with Gasteiger partial charge in [0.05, 0.1) is 17.7 Å². The zero-order chi connectivity index (χ0) is 11.9. The molecule has 0 aromatic carbocycles. The third-order valence-corrected chi connectivity index (χ3v) is 5.20. The molecule has 0 radical (unpaired) electrons. The van der Waals surface area contributed by atoms with Crippen LogP contribution in [0.25, 0.3) is 0 Å². The van der Waals surface area contributed by atoms with E-state index < -0.39 is 9.84 Å². The summed E-state index contributed by atoms with van der Waals surface area (Å²) in [7, 11) is -1.00. The quantitative estimate of drug-likeness (QED) is 0.802. The van der Waals surface area contributed by atoms with E-state index in [1.165, 1.54) is 0 Å². The maximum absolute atomic E-state index is 11.4. The second-order valence-corrected chi connectivity index (χ2v) is 6.73. The molecule has 0 amide bonds. The van der Waals surface area contributed by atoms with Crippen molar-refractivity contribution in [2.75, 3.05) is 11.5 Å². The third kappa shape index (κ3) is 1.99. The summed E-state index contributed by atoms with van der Waals surface area (Å²) in [5.74, 6) is 0.514. The predicted octanol–water partition coefficient (Wildman–Crippen LogP) is 0.163. The average molecular weight is 243 g/mol. The summed E-state index contributed by atoms with van der Waals surface area (Å²) in [6.45, 7) is 1.95. The van der Waals surface area contributed by atoms with Crippen LogP contribution in [0.3, 0.4) is 0 Å². The Hall–Kier alpha value is -0.880. The Morgan fingerprint density at radius 1 is 1.62 bits per heavy atom. The van der Waals surface area contributed by atoms with E-state index in [4.69, 9.17) is 5.73 Å². The zero-order valence-electron chi connectivity index (χ0n) is 9.55. The molecule has 6 heteroatoms. The highest BCUT2D eigenvalue weighted by Crippen LogP contribution is 2.30. The summed E-state index contributed by atoms with van der Waals surface area (Å²) in [5.41, 5.74) is 8.09. The SMILES string of the molecule is Cc1c(C(N)C2CCS(=O)(=O)C2)cnn1C. The first-order valence-corrected chi connectivity index (χ1v) is 7.17. The summed E-state index contributed by atoms with van der Waals surface area (Å²) in [6, 6.07) is -0.217. The van der Waals surface area contributed by atoms with Crippen LogP contribution in [0.2, 0.25) is 0 Å². The van der Waals surface area contributed by atoms with Crippen molar-refractivity contribution in [1.82, 2.24) is 9.78 Å². The lowest BCUT2D eigenvalue weighted by Gasteiger charge is -2.17. The molecule has 2 atom stereocenters. The Bertz CT molecular complexity index is 492. The van der Waals surface area contributed by atoms with Crippen molar-refractivity contribution in [2.45, 2.75) is 19.4 Å². The molecule has 90 valence electrons. The highest BCUT2D eigenvalue weighted by atomic mass is 32.2. The molecule has 1 aromatic heterocycles. The summed E-state index contributed by atoms with van der Waals surface area (Å²) in [4.78, 5) is 0. The van der Waals surface area contributed by atoms with E-state index in [9.17, 15) is 8.42 Å². The molecule has 1 saturated heterocycles. The van der Waals surface area contributed by atoms with Crippen LogP contribution in [-0.4, -0.2) is 29.7 Å². The van der Waals surface area contributed by atoms with Gasteiger partial charge >= 0.3 is 0 Å². The van der Waals surface area contributed by atoms with E-state index in [-0.39, 0.29) is 23.5 Å². The van der Waals surface area contributed by atoms with Crippen LogP contribution in [0, 0.1) is 12.8 Å². The molecule has 2 rings (SSSR count). The molecule has 0 spiro atoms. The van der Waals surface area contributed by atoms with Crippen molar-refractivity contribution in [2.24, 2.45) is 18.7 Å². The largest absolute Gasteiger partial charge is 0.324 e. The first-order chi connectivity index (χ1) is 7.41. The Balaban J connectivity index is 2.21. The highest BCUT2D eigenvalue weighted by molar-refractivity contribution is 7.91. The van der Waals surface area contributed by atoms with Crippen molar-refractivity contribution >= 4 is 9.84 Å². The van der Waals surface area contributed by atoms with Gasteiger partial charge in [-0.1, -0.05) is 0 Å². The molecule has 1 aromatic rings. The minimum Gasteiger partial charge on any atom is -0.324 e. The van der Waals surface area contributed by atoms with E-state index in [2.05, 4.69) is 5.10 Å². The molecule has 1 fully saturated rings. The lowest BCUT2D eigenvalue weighted by Crippen LogP contribution is -2.23. The molecule has 0 aliphatic carbocycles. The lowest BCUT2D eigenvalue weighted by molar-refractivity contribution is 0.477. The molecule has 16 heavy (non-hydrogen) atoms. The maximum atomic E-state index is 11.4. The van der Waals surface area contributed by atoms with Gasteiger partial charge in [-0.15, -0.1) is 0 Å². The Morgan fingerprint density at radius 2 is 2.31 bits per heavy atom. The third-order valence-electron chi connectivity index (χ3n) is 3.41. The second kappa shape index (κ2) is 3.85. The topological polar surface area (TPSA) is 78.0 Å². The molecule has 2 N–H and O–H groups in total. The van der Waals surface area contributed by atoms with Gasteiger partial charge in [-0.2, -0.15) is 5.10 Å². The number of hydrogen-bond acceptors (Lipinski definition) is 4. The number of aryl methyl sites for hydroxylation is 1. The average Bonchev–Trinajstić information content (AvgIpc) is 2.71.